The monoisotopic (exact) mass is 342 g/mol. The summed E-state index contributed by atoms with van der Waals surface area (Å²) in [5.74, 6) is 0.923. The number of thiazole rings is 1. The SMILES string of the molecule is CN(C)c1cc2c(nn1)CCN(C(=O)Cc1cn3ccsc3n1)C2. The Morgan fingerprint density at radius 1 is 1.38 bits per heavy atom. The number of imidazole rings is 1. The van der Waals surface area contributed by atoms with Crippen LogP contribution < -0.4 is 4.90 Å². The molecular weight excluding hydrogens is 324 g/mol. The Hall–Kier alpha value is -2.48. The Labute approximate surface area is 143 Å². The summed E-state index contributed by atoms with van der Waals surface area (Å²) < 4.78 is 1.96. The molecule has 4 rings (SSSR count). The zero-order chi connectivity index (χ0) is 16.7. The molecule has 0 atom stereocenters. The molecule has 7 nitrogen and oxygen atoms in total. The minimum Gasteiger partial charge on any atom is -0.361 e. The molecule has 0 aromatic carbocycles. The molecule has 124 valence electrons. The molecule has 8 heteroatoms. The van der Waals surface area contributed by atoms with E-state index < -0.39 is 0 Å². The Balaban J connectivity index is 1.49. The van der Waals surface area contributed by atoms with Gasteiger partial charge in [0.2, 0.25) is 5.91 Å². The number of rotatable bonds is 3. The van der Waals surface area contributed by atoms with Gasteiger partial charge in [0, 0.05) is 51.4 Å². The second-order valence-electron chi connectivity index (χ2n) is 6.14. The highest BCUT2D eigenvalue weighted by molar-refractivity contribution is 7.15. The largest absolute Gasteiger partial charge is 0.361 e. The number of anilines is 1. The first-order chi connectivity index (χ1) is 11.6. The van der Waals surface area contributed by atoms with Crippen LogP contribution in [0.5, 0.6) is 0 Å². The van der Waals surface area contributed by atoms with Gasteiger partial charge in [0.1, 0.15) is 0 Å². The number of carbonyl (C=O) groups excluding carboxylic acids is 1. The van der Waals surface area contributed by atoms with Gasteiger partial charge >= 0.3 is 0 Å². The van der Waals surface area contributed by atoms with E-state index in [9.17, 15) is 4.79 Å². The Morgan fingerprint density at radius 3 is 3.04 bits per heavy atom. The molecule has 4 heterocycles. The topological polar surface area (TPSA) is 66.6 Å². The lowest BCUT2D eigenvalue weighted by Gasteiger charge is -2.28. The van der Waals surface area contributed by atoms with Gasteiger partial charge in [-0.05, 0) is 11.6 Å². The van der Waals surface area contributed by atoms with Crippen LogP contribution in [0.15, 0.2) is 23.8 Å². The van der Waals surface area contributed by atoms with Crippen molar-refractivity contribution in [1.29, 1.82) is 0 Å². The van der Waals surface area contributed by atoms with Gasteiger partial charge in [0.25, 0.3) is 0 Å². The normalized spacial score (nSPS) is 14.0. The van der Waals surface area contributed by atoms with E-state index in [4.69, 9.17) is 0 Å². The van der Waals surface area contributed by atoms with E-state index in [-0.39, 0.29) is 5.91 Å². The molecule has 0 saturated carbocycles. The maximum Gasteiger partial charge on any atom is 0.228 e. The van der Waals surface area contributed by atoms with Gasteiger partial charge < -0.3 is 9.80 Å². The second-order valence-corrected chi connectivity index (χ2v) is 7.01. The van der Waals surface area contributed by atoms with Crippen LogP contribution in [0.1, 0.15) is 17.0 Å². The first-order valence-corrected chi connectivity index (χ1v) is 8.70. The van der Waals surface area contributed by atoms with Gasteiger partial charge in [-0.3, -0.25) is 9.20 Å². The van der Waals surface area contributed by atoms with Crippen molar-refractivity contribution >= 4 is 28.0 Å². The van der Waals surface area contributed by atoms with Gasteiger partial charge in [0.15, 0.2) is 10.8 Å². The molecule has 0 aliphatic carbocycles. The van der Waals surface area contributed by atoms with Gasteiger partial charge in [-0.2, -0.15) is 5.10 Å². The minimum absolute atomic E-state index is 0.106. The summed E-state index contributed by atoms with van der Waals surface area (Å²) >= 11 is 1.57. The van der Waals surface area contributed by atoms with Gasteiger partial charge in [-0.15, -0.1) is 16.4 Å². The quantitative estimate of drug-likeness (QED) is 0.719. The predicted molar refractivity (Wildman–Crippen MR) is 92.3 cm³/mol. The first-order valence-electron chi connectivity index (χ1n) is 7.82. The zero-order valence-electron chi connectivity index (χ0n) is 13.6. The summed E-state index contributed by atoms with van der Waals surface area (Å²) in [4.78, 5) is 21.9. The number of hydrogen-bond donors (Lipinski definition) is 0. The molecular formula is C16H18N6OS. The van der Waals surface area contributed by atoms with Crippen molar-refractivity contribution in [3.05, 3.63) is 40.8 Å². The molecule has 1 amide bonds. The van der Waals surface area contributed by atoms with Crippen molar-refractivity contribution in [3.8, 4) is 0 Å². The summed E-state index contributed by atoms with van der Waals surface area (Å²) in [7, 11) is 3.87. The summed E-state index contributed by atoms with van der Waals surface area (Å²) in [5.41, 5.74) is 2.89. The van der Waals surface area contributed by atoms with Crippen molar-refractivity contribution in [2.75, 3.05) is 25.5 Å². The molecule has 0 fully saturated rings. The third-order valence-corrected chi connectivity index (χ3v) is 4.98. The number of hydrogen-bond acceptors (Lipinski definition) is 6. The number of amides is 1. The predicted octanol–water partition coefficient (Wildman–Crippen LogP) is 1.38. The van der Waals surface area contributed by atoms with Crippen LogP contribution in [0.4, 0.5) is 5.82 Å². The van der Waals surface area contributed by atoms with E-state index in [2.05, 4.69) is 15.2 Å². The third kappa shape index (κ3) is 2.73. The summed E-state index contributed by atoms with van der Waals surface area (Å²) in [6.45, 7) is 1.27. The highest BCUT2D eigenvalue weighted by Gasteiger charge is 2.23. The van der Waals surface area contributed by atoms with Crippen LogP contribution in [0.3, 0.4) is 0 Å². The Kier molecular flexibility index (Phi) is 3.68. The molecule has 0 N–H and O–H groups in total. The summed E-state index contributed by atoms with van der Waals surface area (Å²) in [6.07, 6.45) is 4.97. The van der Waals surface area contributed by atoms with E-state index in [1.807, 2.05) is 52.1 Å². The van der Waals surface area contributed by atoms with Crippen molar-refractivity contribution < 1.29 is 4.79 Å². The number of nitrogens with zero attached hydrogens (tertiary/aromatic N) is 6. The zero-order valence-corrected chi connectivity index (χ0v) is 14.5. The van der Waals surface area contributed by atoms with E-state index >= 15 is 0 Å². The van der Waals surface area contributed by atoms with E-state index in [0.717, 1.165) is 34.2 Å². The van der Waals surface area contributed by atoms with Gasteiger partial charge in [0.05, 0.1) is 17.8 Å². The highest BCUT2D eigenvalue weighted by atomic mass is 32.1. The average molecular weight is 342 g/mol. The van der Waals surface area contributed by atoms with Crippen molar-refractivity contribution in [1.82, 2.24) is 24.5 Å². The van der Waals surface area contributed by atoms with Gasteiger partial charge in [-0.1, -0.05) is 0 Å². The van der Waals surface area contributed by atoms with Crippen LogP contribution in [-0.2, 0) is 24.2 Å². The number of carbonyl (C=O) groups is 1. The molecule has 1 aliphatic rings. The molecule has 1 aliphatic heterocycles. The van der Waals surface area contributed by atoms with Crippen LogP contribution in [-0.4, -0.2) is 51.0 Å². The Bertz CT molecular complexity index is 870. The molecule has 24 heavy (non-hydrogen) atoms. The maximum absolute atomic E-state index is 12.6. The van der Waals surface area contributed by atoms with Crippen molar-refractivity contribution in [2.24, 2.45) is 0 Å². The molecule has 3 aromatic heterocycles. The van der Waals surface area contributed by atoms with Crippen molar-refractivity contribution in [3.63, 3.8) is 0 Å². The fourth-order valence-electron chi connectivity index (χ4n) is 2.88. The van der Waals surface area contributed by atoms with E-state index in [1.54, 1.807) is 11.3 Å². The standard InChI is InChI=1S/C16H18N6OS/c1-20(2)14-7-11-9-21(4-3-13(11)18-19-14)15(23)8-12-10-22-5-6-24-16(22)17-12/h5-7,10H,3-4,8-9H2,1-2H3. The summed E-state index contributed by atoms with van der Waals surface area (Å²) in [6, 6.07) is 2.02. The van der Waals surface area contributed by atoms with E-state index in [1.165, 1.54) is 0 Å². The van der Waals surface area contributed by atoms with Crippen LogP contribution >= 0.6 is 11.3 Å². The molecule has 3 aromatic rings. The van der Waals surface area contributed by atoms with E-state index in [0.29, 0.717) is 19.5 Å². The molecule has 0 spiro atoms. The average Bonchev–Trinajstić information content (AvgIpc) is 3.15. The lowest BCUT2D eigenvalue weighted by atomic mass is 10.1. The summed E-state index contributed by atoms with van der Waals surface area (Å²) in [5, 5.41) is 10.5. The third-order valence-electron chi connectivity index (χ3n) is 4.21. The van der Waals surface area contributed by atoms with Crippen LogP contribution in [0, 0.1) is 0 Å². The lowest BCUT2D eigenvalue weighted by molar-refractivity contribution is -0.131. The molecule has 0 radical (unpaired) electrons. The van der Waals surface area contributed by atoms with Gasteiger partial charge in [-0.25, -0.2) is 4.98 Å². The second kappa shape index (κ2) is 5.86. The van der Waals surface area contributed by atoms with Crippen LogP contribution in [0.25, 0.3) is 4.96 Å². The fraction of sp³-hybridized carbons (Fsp3) is 0.375. The van der Waals surface area contributed by atoms with Crippen LogP contribution in [0.2, 0.25) is 0 Å². The number of aromatic nitrogens is 4. The molecule has 0 bridgehead atoms. The van der Waals surface area contributed by atoms with Crippen molar-refractivity contribution in [2.45, 2.75) is 19.4 Å². The maximum atomic E-state index is 12.6. The minimum atomic E-state index is 0.106. The molecule has 0 unspecified atom stereocenters. The lowest BCUT2D eigenvalue weighted by Crippen LogP contribution is -2.37. The number of fused-ring (bicyclic) bond motifs is 2. The smallest absolute Gasteiger partial charge is 0.228 e. The fourth-order valence-corrected chi connectivity index (χ4v) is 3.60. The highest BCUT2D eigenvalue weighted by Crippen LogP contribution is 2.21. The molecule has 0 saturated heterocycles. The Morgan fingerprint density at radius 2 is 2.25 bits per heavy atom. The first kappa shape index (κ1) is 15.1.